The lowest BCUT2D eigenvalue weighted by Crippen LogP contribution is -2.24. The number of thioether (sulfide) groups is 1. The van der Waals surface area contributed by atoms with Crippen molar-refractivity contribution in [2.24, 2.45) is 5.92 Å². The van der Waals surface area contributed by atoms with Gasteiger partial charge in [-0.25, -0.2) is 0 Å². The van der Waals surface area contributed by atoms with Gasteiger partial charge in [-0.1, -0.05) is 20.3 Å². The summed E-state index contributed by atoms with van der Waals surface area (Å²) in [5.41, 5.74) is 0. The SMILES string of the molecule is CCSCCCNCC(CC)CCO. The summed E-state index contributed by atoms with van der Waals surface area (Å²) in [4.78, 5) is 0. The summed E-state index contributed by atoms with van der Waals surface area (Å²) in [6.07, 6.45) is 3.36. The maximum Gasteiger partial charge on any atom is 0.0434 e. The summed E-state index contributed by atoms with van der Waals surface area (Å²) in [5.74, 6) is 3.14. The largest absolute Gasteiger partial charge is 0.396 e. The third-order valence-corrected chi connectivity index (χ3v) is 3.38. The van der Waals surface area contributed by atoms with Crippen LogP contribution in [0, 0.1) is 5.92 Å². The van der Waals surface area contributed by atoms with E-state index in [1.54, 1.807) is 0 Å². The highest BCUT2D eigenvalue weighted by Gasteiger charge is 2.03. The maximum atomic E-state index is 8.81. The Morgan fingerprint density at radius 2 is 2.14 bits per heavy atom. The van der Waals surface area contributed by atoms with Crippen molar-refractivity contribution < 1.29 is 5.11 Å². The number of hydrogen-bond donors (Lipinski definition) is 2. The predicted molar refractivity (Wildman–Crippen MR) is 66.0 cm³/mol. The van der Waals surface area contributed by atoms with Crippen LogP contribution in [0.1, 0.15) is 33.1 Å². The molecule has 0 aliphatic rings. The molecule has 0 saturated carbocycles. The molecule has 0 fully saturated rings. The molecule has 0 heterocycles. The second-order valence-corrected chi connectivity index (χ2v) is 4.94. The van der Waals surface area contributed by atoms with Crippen LogP contribution in [-0.4, -0.2) is 36.3 Å². The number of hydrogen-bond acceptors (Lipinski definition) is 3. The van der Waals surface area contributed by atoms with Gasteiger partial charge < -0.3 is 10.4 Å². The Hall–Kier alpha value is 0.270. The second-order valence-electron chi connectivity index (χ2n) is 3.54. The standard InChI is InChI=1S/C11H25NOS/c1-3-11(6-8-13)10-12-7-5-9-14-4-2/h11-13H,3-10H2,1-2H3. The van der Waals surface area contributed by atoms with Crippen molar-refractivity contribution in [3.8, 4) is 0 Å². The molecule has 0 radical (unpaired) electrons. The van der Waals surface area contributed by atoms with Crippen LogP contribution in [0.15, 0.2) is 0 Å². The Labute approximate surface area is 92.9 Å². The fourth-order valence-corrected chi connectivity index (χ4v) is 2.02. The molecular formula is C11H25NOS. The number of nitrogens with one attached hydrogen (secondary N) is 1. The number of aliphatic hydroxyl groups excluding tert-OH is 1. The van der Waals surface area contributed by atoms with Crippen molar-refractivity contribution >= 4 is 11.8 Å². The molecule has 0 aliphatic heterocycles. The summed E-state index contributed by atoms with van der Waals surface area (Å²) in [7, 11) is 0. The molecule has 14 heavy (non-hydrogen) atoms. The highest BCUT2D eigenvalue weighted by Crippen LogP contribution is 2.05. The van der Waals surface area contributed by atoms with Gasteiger partial charge in [0.15, 0.2) is 0 Å². The quantitative estimate of drug-likeness (QED) is 0.552. The lowest BCUT2D eigenvalue weighted by Gasteiger charge is -2.13. The van der Waals surface area contributed by atoms with Crippen molar-refractivity contribution in [2.45, 2.75) is 33.1 Å². The fraction of sp³-hybridized carbons (Fsp3) is 1.00. The molecular weight excluding hydrogens is 194 g/mol. The predicted octanol–water partition coefficient (Wildman–Crippen LogP) is 2.13. The Balaban J connectivity index is 3.15. The smallest absolute Gasteiger partial charge is 0.0434 e. The first kappa shape index (κ1) is 14.3. The second kappa shape index (κ2) is 11.3. The minimum Gasteiger partial charge on any atom is -0.396 e. The average molecular weight is 219 g/mol. The van der Waals surface area contributed by atoms with Gasteiger partial charge in [-0.05, 0) is 43.4 Å². The van der Waals surface area contributed by atoms with Crippen molar-refractivity contribution in [1.29, 1.82) is 0 Å². The summed E-state index contributed by atoms with van der Waals surface area (Å²) < 4.78 is 0. The first-order valence-electron chi connectivity index (χ1n) is 5.74. The molecule has 2 N–H and O–H groups in total. The molecule has 0 aliphatic carbocycles. The number of rotatable bonds is 10. The lowest BCUT2D eigenvalue weighted by molar-refractivity contribution is 0.251. The maximum absolute atomic E-state index is 8.81. The van der Waals surface area contributed by atoms with Gasteiger partial charge in [0, 0.05) is 6.61 Å². The topological polar surface area (TPSA) is 32.3 Å². The first-order valence-corrected chi connectivity index (χ1v) is 6.89. The van der Waals surface area contributed by atoms with Gasteiger partial charge in [0.2, 0.25) is 0 Å². The van der Waals surface area contributed by atoms with E-state index in [1.165, 1.54) is 17.9 Å². The van der Waals surface area contributed by atoms with E-state index in [0.29, 0.717) is 12.5 Å². The van der Waals surface area contributed by atoms with Crippen LogP contribution in [0.3, 0.4) is 0 Å². The van der Waals surface area contributed by atoms with E-state index in [2.05, 4.69) is 19.2 Å². The van der Waals surface area contributed by atoms with Crippen LogP contribution in [0.25, 0.3) is 0 Å². The van der Waals surface area contributed by atoms with Crippen molar-refractivity contribution in [3.63, 3.8) is 0 Å². The Morgan fingerprint density at radius 3 is 2.71 bits per heavy atom. The summed E-state index contributed by atoms with van der Waals surface area (Å²) in [6, 6.07) is 0. The summed E-state index contributed by atoms with van der Waals surface area (Å²) >= 11 is 2.00. The zero-order chi connectivity index (χ0) is 10.6. The molecule has 0 saturated heterocycles. The van der Waals surface area contributed by atoms with Crippen molar-refractivity contribution in [3.05, 3.63) is 0 Å². The highest BCUT2D eigenvalue weighted by molar-refractivity contribution is 7.99. The third kappa shape index (κ3) is 8.85. The van der Waals surface area contributed by atoms with Crippen LogP contribution < -0.4 is 5.32 Å². The molecule has 3 heteroatoms. The van der Waals surface area contributed by atoms with Gasteiger partial charge >= 0.3 is 0 Å². The fourth-order valence-electron chi connectivity index (χ4n) is 1.38. The normalized spacial score (nSPS) is 13.1. The van der Waals surface area contributed by atoms with Gasteiger partial charge in [-0.3, -0.25) is 0 Å². The van der Waals surface area contributed by atoms with E-state index in [9.17, 15) is 0 Å². The molecule has 0 aromatic heterocycles. The van der Waals surface area contributed by atoms with Crippen molar-refractivity contribution in [2.75, 3.05) is 31.2 Å². The molecule has 0 spiro atoms. The Kier molecular flexibility index (Phi) is 11.6. The molecule has 1 atom stereocenters. The van der Waals surface area contributed by atoms with Crippen LogP contribution in [0.4, 0.5) is 0 Å². The van der Waals surface area contributed by atoms with E-state index in [1.807, 2.05) is 11.8 Å². The summed E-state index contributed by atoms with van der Waals surface area (Å²) in [5, 5.41) is 12.3. The molecule has 2 nitrogen and oxygen atoms in total. The molecule has 0 amide bonds. The highest BCUT2D eigenvalue weighted by atomic mass is 32.2. The monoisotopic (exact) mass is 219 g/mol. The van der Waals surface area contributed by atoms with Gasteiger partial charge in [-0.15, -0.1) is 0 Å². The Morgan fingerprint density at radius 1 is 1.36 bits per heavy atom. The zero-order valence-corrected chi connectivity index (χ0v) is 10.4. The Bertz CT molecular complexity index is 111. The van der Waals surface area contributed by atoms with Gasteiger partial charge in [0.05, 0.1) is 0 Å². The van der Waals surface area contributed by atoms with Crippen LogP contribution in [-0.2, 0) is 0 Å². The minimum atomic E-state index is 0.325. The van der Waals surface area contributed by atoms with E-state index in [4.69, 9.17) is 5.11 Å². The molecule has 0 aromatic rings. The molecule has 0 rings (SSSR count). The van der Waals surface area contributed by atoms with Gasteiger partial charge in [-0.2, -0.15) is 11.8 Å². The van der Waals surface area contributed by atoms with Gasteiger partial charge in [0.1, 0.15) is 0 Å². The van der Waals surface area contributed by atoms with E-state index in [0.717, 1.165) is 25.9 Å². The van der Waals surface area contributed by atoms with Crippen LogP contribution >= 0.6 is 11.8 Å². The minimum absolute atomic E-state index is 0.325. The van der Waals surface area contributed by atoms with Crippen molar-refractivity contribution in [1.82, 2.24) is 5.32 Å². The molecule has 0 bridgehead atoms. The van der Waals surface area contributed by atoms with E-state index >= 15 is 0 Å². The van der Waals surface area contributed by atoms with Gasteiger partial charge in [0.25, 0.3) is 0 Å². The van der Waals surface area contributed by atoms with Crippen LogP contribution in [0.2, 0.25) is 0 Å². The molecule has 1 unspecified atom stereocenters. The average Bonchev–Trinajstić information content (AvgIpc) is 2.21. The van der Waals surface area contributed by atoms with E-state index in [-0.39, 0.29) is 0 Å². The lowest BCUT2D eigenvalue weighted by atomic mass is 10.0. The molecule has 0 aromatic carbocycles. The third-order valence-electron chi connectivity index (χ3n) is 2.39. The zero-order valence-electron chi connectivity index (χ0n) is 9.59. The van der Waals surface area contributed by atoms with Crippen LogP contribution in [0.5, 0.6) is 0 Å². The first-order chi connectivity index (χ1) is 6.85. The molecule has 86 valence electrons. The van der Waals surface area contributed by atoms with E-state index < -0.39 is 0 Å². The number of aliphatic hydroxyl groups is 1. The summed E-state index contributed by atoms with van der Waals surface area (Å²) in [6.45, 7) is 6.90.